The van der Waals surface area contributed by atoms with Gasteiger partial charge in [-0.1, -0.05) is 29.8 Å². The van der Waals surface area contributed by atoms with Crippen LogP contribution in [0.3, 0.4) is 0 Å². The van der Waals surface area contributed by atoms with Crippen molar-refractivity contribution in [1.29, 1.82) is 0 Å². The number of rotatable bonds is 2. The van der Waals surface area contributed by atoms with Crippen molar-refractivity contribution in [3.8, 4) is 0 Å². The molecule has 1 aliphatic rings. The van der Waals surface area contributed by atoms with Crippen LogP contribution in [0.25, 0.3) is 0 Å². The number of nitrogens with zero attached hydrogens (tertiary/aromatic N) is 1. The Morgan fingerprint density at radius 2 is 2.25 bits per heavy atom. The van der Waals surface area contributed by atoms with E-state index in [9.17, 15) is 4.79 Å². The molecule has 0 saturated carbocycles. The second-order valence-electron chi connectivity index (χ2n) is 4.64. The van der Waals surface area contributed by atoms with Crippen molar-refractivity contribution in [3.63, 3.8) is 0 Å². The summed E-state index contributed by atoms with van der Waals surface area (Å²) in [6.45, 7) is 1.75. The van der Waals surface area contributed by atoms with Crippen LogP contribution in [0.1, 0.15) is 21.3 Å². The number of morpholine rings is 1. The SMILES string of the molecule is O=C(c1cccs1)N1CCOC(c2cccc(Cl)c2)C1. The molecule has 1 aliphatic heterocycles. The predicted octanol–water partition coefficient (Wildman–Crippen LogP) is 3.62. The summed E-state index contributed by atoms with van der Waals surface area (Å²) in [6.07, 6.45) is -0.105. The fourth-order valence-corrected chi connectivity index (χ4v) is 3.19. The molecule has 104 valence electrons. The van der Waals surface area contributed by atoms with Gasteiger partial charge in [0.1, 0.15) is 6.10 Å². The molecule has 3 rings (SSSR count). The molecular weight excluding hydrogens is 294 g/mol. The molecule has 0 aliphatic carbocycles. The Balaban J connectivity index is 1.75. The van der Waals surface area contributed by atoms with Crippen LogP contribution < -0.4 is 0 Å². The van der Waals surface area contributed by atoms with Crippen LogP contribution in [0.4, 0.5) is 0 Å². The molecule has 1 aromatic heterocycles. The largest absolute Gasteiger partial charge is 0.370 e. The van der Waals surface area contributed by atoms with E-state index in [2.05, 4.69) is 0 Å². The lowest BCUT2D eigenvalue weighted by atomic mass is 10.1. The second kappa shape index (κ2) is 5.95. The first kappa shape index (κ1) is 13.6. The summed E-state index contributed by atoms with van der Waals surface area (Å²) in [6, 6.07) is 11.4. The number of benzene rings is 1. The number of ether oxygens (including phenoxy) is 1. The monoisotopic (exact) mass is 307 g/mol. The molecule has 5 heteroatoms. The van der Waals surface area contributed by atoms with E-state index >= 15 is 0 Å². The third-order valence-corrected chi connectivity index (χ3v) is 4.40. The van der Waals surface area contributed by atoms with E-state index in [4.69, 9.17) is 16.3 Å². The first-order valence-electron chi connectivity index (χ1n) is 6.44. The van der Waals surface area contributed by atoms with Crippen LogP contribution in [0, 0.1) is 0 Å². The van der Waals surface area contributed by atoms with E-state index in [1.807, 2.05) is 46.7 Å². The van der Waals surface area contributed by atoms with Gasteiger partial charge < -0.3 is 9.64 Å². The van der Waals surface area contributed by atoms with Crippen LogP contribution in [0.5, 0.6) is 0 Å². The number of hydrogen-bond acceptors (Lipinski definition) is 3. The molecule has 1 saturated heterocycles. The van der Waals surface area contributed by atoms with Gasteiger partial charge in [-0.25, -0.2) is 0 Å². The van der Waals surface area contributed by atoms with Gasteiger partial charge in [-0.05, 0) is 29.1 Å². The van der Waals surface area contributed by atoms with Gasteiger partial charge in [0, 0.05) is 11.6 Å². The molecule has 1 amide bonds. The summed E-state index contributed by atoms with van der Waals surface area (Å²) in [7, 11) is 0. The number of carbonyl (C=O) groups is 1. The fourth-order valence-electron chi connectivity index (χ4n) is 2.30. The molecule has 1 fully saturated rings. The van der Waals surface area contributed by atoms with Crippen LogP contribution in [0.15, 0.2) is 41.8 Å². The maximum atomic E-state index is 12.4. The first-order chi connectivity index (χ1) is 9.74. The van der Waals surface area contributed by atoms with Gasteiger partial charge in [0.25, 0.3) is 5.91 Å². The average molecular weight is 308 g/mol. The number of amides is 1. The maximum Gasteiger partial charge on any atom is 0.264 e. The molecule has 1 aromatic carbocycles. The van der Waals surface area contributed by atoms with E-state index in [-0.39, 0.29) is 12.0 Å². The van der Waals surface area contributed by atoms with E-state index in [1.54, 1.807) is 0 Å². The van der Waals surface area contributed by atoms with Crippen molar-refractivity contribution in [3.05, 3.63) is 57.2 Å². The molecule has 3 nitrogen and oxygen atoms in total. The van der Waals surface area contributed by atoms with E-state index in [1.165, 1.54) is 11.3 Å². The number of halogens is 1. The minimum Gasteiger partial charge on any atom is -0.370 e. The van der Waals surface area contributed by atoms with Crippen LogP contribution >= 0.6 is 22.9 Å². The summed E-state index contributed by atoms with van der Waals surface area (Å²) in [5, 5.41) is 2.61. The standard InChI is InChI=1S/C15H14ClNO2S/c16-12-4-1-3-11(9-12)13-10-17(6-7-19-13)15(18)14-5-2-8-20-14/h1-5,8-9,13H,6-7,10H2. The van der Waals surface area contributed by atoms with Gasteiger partial charge in [0.15, 0.2) is 0 Å². The zero-order chi connectivity index (χ0) is 13.9. The molecular formula is C15H14ClNO2S. The normalized spacial score (nSPS) is 19.1. The van der Waals surface area contributed by atoms with Gasteiger partial charge in [-0.15, -0.1) is 11.3 Å². The zero-order valence-corrected chi connectivity index (χ0v) is 12.4. The molecule has 2 heterocycles. The first-order valence-corrected chi connectivity index (χ1v) is 7.69. The molecule has 1 atom stereocenters. The average Bonchev–Trinajstić information content (AvgIpc) is 3.01. The summed E-state index contributed by atoms with van der Waals surface area (Å²) in [5.74, 6) is 0.0790. The van der Waals surface area contributed by atoms with Crippen LogP contribution in [0.2, 0.25) is 5.02 Å². The van der Waals surface area contributed by atoms with Crippen molar-refractivity contribution in [2.75, 3.05) is 19.7 Å². The van der Waals surface area contributed by atoms with Gasteiger partial charge in [0.2, 0.25) is 0 Å². The number of carbonyl (C=O) groups excluding carboxylic acids is 1. The zero-order valence-electron chi connectivity index (χ0n) is 10.8. The molecule has 0 bridgehead atoms. The molecule has 0 radical (unpaired) electrons. The van der Waals surface area contributed by atoms with Crippen molar-refractivity contribution in [2.45, 2.75) is 6.10 Å². The third-order valence-electron chi connectivity index (χ3n) is 3.31. The summed E-state index contributed by atoms with van der Waals surface area (Å²) >= 11 is 7.48. The van der Waals surface area contributed by atoms with E-state index < -0.39 is 0 Å². The highest BCUT2D eigenvalue weighted by Gasteiger charge is 2.26. The highest BCUT2D eigenvalue weighted by molar-refractivity contribution is 7.12. The van der Waals surface area contributed by atoms with Crippen molar-refractivity contribution in [1.82, 2.24) is 4.90 Å². The summed E-state index contributed by atoms with van der Waals surface area (Å²) < 4.78 is 5.77. The fraction of sp³-hybridized carbons (Fsp3) is 0.267. The predicted molar refractivity (Wildman–Crippen MR) is 80.4 cm³/mol. The quantitative estimate of drug-likeness (QED) is 0.848. The number of thiophene rings is 1. The second-order valence-corrected chi connectivity index (χ2v) is 6.03. The van der Waals surface area contributed by atoms with Crippen LogP contribution in [-0.4, -0.2) is 30.5 Å². The van der Waals surface area contributed by atoms with Gasteiger partial charge in [0.05, 0.1) is 18.0 Å². The molecule has 2 aromatic rings. The van der Waals surface area contributed by atoms with Crippen LogP contribution in [-0.2, 0) is 4.74 Å². The Bertz CT molecular complexity index is 600. The molecule has 1 unspecified atom stereocenters. The highest BCUT2D eigenvalue weighted by Crippen LogP contribution is 2.25. The summed E-state index contributed by atoms with van der Waals surface area (Å²) in [4.78, 5) is 15.0. The maximum absolute atomic E-state index is 12.4. The van der Waals surface area contributed by atoms with Crippen molar-refractivity contribution >= 4 is 28.8 Å². The Kier molecular flexibility index (Phi) is 4.05. The van der Waals surface area contributed by atoms with Gasteiger partial charge in [-0.2, -0.15) is 0 Å². The van der Waals surface area contributed by atoms with E-state index in [0.717, 1.165) is 10.4 Å². The topological polar surface area (TPSA) is 29.5 Å². The lowest BCUT2D eigenvalue weighted by molar-refractivity contribution is -0.0226. The lowest BCUT2D eigenvalue weighted by Crippen LogP contribution is -2.42. The van der Waals surface area contributed by atoms with Crippen molar-refractivity contribution in [2.24, 2.45) is 0 Å². The molecule has 20 heavy (non-hydrogen) atoms. The Hall–Kier alpha value is -1.36. The van der Waals surface area contributed by atoms with Crippen molar-refractivity contribution < 1.29 is 9.53 Å². The molecule has 0 N–H and O–H groups in total. The van der Waals surface area contributed by atoms with Gasteiger partial charge >= 0.3 is 0 Å². The van der Waals surface area contributed by atoms with E-state index in [0.29, 0.717) is 24.7 Å². The third kappa shape index (κ3) is 2.87. The minimum atomic E-state index is -0.105. The molecule has 0 spiro atoms. The Morgan fingerprint density at radius 3 is 3.00 bits per heavy atom. The van der Waals surface area contributed by atoms with Gasteiger partial charge in [-0.3, -0.25) is 4.79 Å². The Morgan fingerprint density at radius 1 is 1.35 bits per heavy atom. The Labute approximate surface area is 126 Å². The summed E-state index contributed by atoms with van der Waals surface area (Å²) in [5.41, 5.74) is 1.01. The smallest absolute Gasteiger partial charge is 0.264 e. The highest BCUT2D eigenvalue weighted by atomic mass is 35.5. The minimum absolute atomic E-state index is 0.0790. The lowest BCUT2D eigenvalue weighted by Gasteiger charge is -2.33. The number of hydrogen-bond donors (Lipinski definition) is 0.